The second-order valence-electron chi connectivity index (χ2n) is 1.56. The van der Waals surface area contributed by atoms with Crippen molar-refractivity contribution >= 4 is 45.2 Å². The fourth-order valence-electron chi connectivity index (χ4n) is 0.470. The van der Waals surface area contributed by atoms with Gasteiger partial charge in [-0.3, -0.25) is 0 Å². The molecule has 0 aliphatic rings. The molecule has 0 saturated carbocycles. The highest BCUT2D eigenvalue weighted by molar-refractivity contribution is 14.1. The van der Waals surface area contributed by atoms with Crippen LogP contribution in [-0.4, -0.2) is 0 Å². The summed E-state index contributed by atoms with van der Waals surface area (Å²) in [6.07, 6.45) is 0. The Kier molecular flexibility index (Phi) is 2.69. The van der Waals surface area contributed by atoms with Gasteiger partial charge in [-0.2, -0.15) is 0 Å². The second-order valence-corrected chi connectivity index (χ2v) is 3.97. The number of benzene rings is 1. The molecule has 0 aliphatic carbocycles. The minimum atomic E-state index is -0.137. The molecule has 0 fully saturated rings. The Bertz CT molecular complexity index is 222. The lowest BCUT2D eigenvalue weighted by Crippen LogP contribution is -1.80. The van der Waals surface area contributed by atoms with Gasteiger partial charge in [-0.25, -0.2) is 4.39 Å². The monoisotopic (exact) mass is 348 g/mol. The van der Waals surface area contributed by atoms with Crippen LogP contribution in [0.4, 0.5) is 4.39 Å². The van der Waals surface area contributed by atoms with Crippen molar-refractivity contribution in [3.05, 3.63) is 31.2 Å². The average molecular weight is 348 g/mol. The van der Waals surface area contributed by atoms with Crippen molar-refractivity contribution in [2.75, 3.05) is 0 Å². The molecule has 3 heteroatoms. The molecular formula is C6H3FI2. The Morgan fingerprint density at radius 2 is 1.89 bits per heavy atom. The number of hydrogen-bond acceptors (Lipinski definition) is 0. The van der Waals surface area contributed by atoms with Gasteiger partial charge in [-0.15, -0.1) is 0 Å². The molecule has 0 aromatic heterocycles. The van der Waals surface area contributed by atoms with Gasteiger partial charge in [0.05, 0.1) is 0 Å². The molecule has 0 bridgehead atoms. The van der Waals surface area contributed by atoms with Crippen LogP contribution in [0.25, 0.3) is 0 Å². The predicted octanol–water partition coefficient (Wildman–Crippen LogP) is 3.03. The van der Waals surface area contributed by atoms with Crippen molar-refractivity contribution < 1.29 is 4.39 Å². The van der Waals surface area contributed by atoms with Gasteiger partial charge in [-0.1, -0.05) is 0 Å². The molecule has 0 saturated heterocycles. The SMILES string of the molecule is Fc1cc(I)ccc1I. The molecule has 0 atom stereocenters. The van der Waals surface area contributed by atoms with Crippen LogP contribution in [0.15, 0.2) is 18.2 Å². The summed E-state index contributed by atoms with van der Waals surface area (Å²) in [5, 5.41) is 0. The summed E-state index contributed by atoms with van der Waals surface area (Å²) in [5.74, 6) is -0.137. The van der Waals surface area contributed by atoms with E-state index in [9.17, 15) is 4.39 Å². The lowest BCUT2D eigenvalue weighted by Gasteiger charge is -1.92. The first-order chi connectivity index (χ1) is 4.20. The molecule has 0 aliphatic heterocycles. The third-order valence-corrected chi connectivity index (χ3v) is 2.43. The molecule has 9 heavy (non-hydrogen) atoms. The largest absolute Gasteiger partial charge is 0.206 e. The fraction of sp³-hybridized carbons (Fsp3) is 0. The topological polar surface area (TPSA) is 0 Å². The summed E-state index contributed by atoms with van der Waals surface area (Å²) in [6, 6.07) is 5.16. The first-order valence-corrected chi connectivity index (χ1v) is 4.46. The van der Waals surface area contributed by atoms with Crippen LogP contribution in [0.3, 0.4) is 0 Å². The highest BCUT2D eigenvalue weighted by Crippen LogP contribution is 2.13. The zero-order valence-electron chi connectivity index (χ0n) is 4.37. The molecule has 0 N–H and O–H groups in total. The summed E-state index contributed by atoms with van der Waals surface area (Å²) in [6.45, 7) is 0. The minimum Gasteiger partial charge on any atom is -0.206 e. The van der Waals surface area contributed by atoms with Crippen LogP contribution in [0.2, 0.25) is 0 Å². The summed E-state index contributed by atoms with van der Waals surface area (Å²) >= 11 is 4.04. The van der Waals surface area contributed by atoms with Crippen LogP contribution >= 0.6 is 45.2 Å². The van der Waals surface area contributed by atoms with Gasteiger partial charge in [0.25, 0.3) is 0 Å². The van der Waals surface area contributed by atoms with E-state index in [2.05, 4.69) is 22.6 Å². The van der Waals surface area contributed by atoms with Gasteiger partial charge in [-0.05, 0) is 63.4 Å². The van der Waals surface area contributed by atoms with E-state index in [4.69, 9.17) is 0 Å². The van der Waals surface area contributed by atoms with Gasteiger partial charge in [0.1, 0.15) is 5.82 Å². The fourth-order valence-corrected chi connectivity index (χ4v) is 1.26. The van der Waals surface area contributed by atoms with Crippen molar-refractivity contribution in [3.63, 3.8) is 0 Å². The molecule has 48 valence electrons. The third-order valence-electron chi connectivity index (χ3n) is 0.882. The Labute approximate surface area is 80.1 Å². The first-order valence-electron chi connectivity index (χ1n) is 2.30. The number of hydrogen-bond donors (Lipinski definition) is 0. The van der Waals surface area contributed by atoms with Gasteiger partial charge in [0.2, 0.25) is 0 Å². The van der Waals surface area contributed by atoms with E-state index in [1.807, 2.05) is 28.7 Å². The molecule has 0 heterocycles. The van der Waals surface area contributed by atoms with Gasteiger partial charge in [0, 0.05) is 7.14 Å². The van der Waals surface area contributed by atoms with Crippen LogP contribution in [0.5, 0.6) is 0 Å². The maximum atomic E-state index is 12.6. The van der Waals surface area contributed by atoms with E-state index in [0.717, 1.165) is 3.57 Å². The molecule has 1 aromatic rings. The molecule has 1 rings (SSSR count). The van der Waals surface area contributed by atoms with Crippen molar-refractivity contribution in [3.8, 4) is 0 Å². The normalized spacial score (nSPS) is 9.67. The van der Waals surface area contributed by atoms with Crippen molar-refractivity contribution in [1.29, 1.82) is 0 Å². The van der Waals surface area contributed by atoms with Crippen LogP contribution in [0, 0.1) is 13.0 Å². The van der Waals surface area contributed by atoms with E-state index < -0.39 is 0 Å². The third kappa shape index (κ3) is 2.03. The standard InChI is InChI=1S/C6H3FI2/c7-5-3-4(8)1-2-6(5)9/h1-3H. The van der Waals surface area contributed by atoms with E-state index in [1.54, 1.807) is 6.07 Å². The van der Waals surface area contributed by atoms with E-state index in [0.29, 0.717) is 3.57 Å². The van der Waals surface area contributed by atoms with Gasteiger partial charge in [0.15, 0.2) is 0 Å². The minimum absolute atomic E-state index is 0.137. The molecule has 0 nitrogen and oxygen atoms in total. The Morgan fingerprint density at radius 3 is 2.33 bits per heavy atom. The molecular weight excluding hydrogens is 345 g/mol. The van der Waals surface area contributed by atoms with E-state index >= 15 is 0 Å². The summed E-state index contributed by atoms with van der Waals surface area (Å²) in [5.41, 5.74) is 0. The van der Waals surface area contributed by atoms with Crippen LogP contribution < -0.4 is 0 Å². The summed E-state index contributed by atoms with van der Waals surface area (Å²) in [7, 11) is 0. The first kappa shape index (κ1) is 7.71. The van der Waals surface area contributed by atoms with Crippen molar-refractivity contribution in [2.45, 2.75) is 0 Å². The molecule has 0 spiro atoms. The summed E-state index contributed by atoms with van der Waals surface area (Å²) in [4.78, 5) is 0. The van der Waals surface area contributed by atoms with Gasteiger partial charge < -0.3 is 0 Å². The zero-order valence-corrected chi connectivity index (χ0v) is 8.68. The maximum Gasteiger partial charge on any atom is 0.137 e. The van der Waals surface area contributed by atoms with Crippen molar-refractivity contribution in [2.24, 2.45) is 0 Å². The lowest BCUT2D eigenvalue weighted by atomic mass is 10.4. The lowest BCUT2D eigenvalue weighted by molar-refractivity contribution is 0.619. The smallest absolute Gasteiger partial charge is 0.137 e. The zero-order chi connectivity index (χ0) is 6.85. The van der Waals surface area contributed by atoms with Gasteiger partial charge >= 0.3 is 0 Å². The van der Waals surface area contributed by atoms with E-state index in [-0.39, 0.29) is 5.82 Å². The Morgan fingerprint density at radius 1 is 1.22 bits per heavy atom. The van der Waals surface area contributed by atoms with E-state index in [1.165, 1.54) is 6.07 Å². The maximum absolute atomic E-state index is 12.6. The van der Waals surface area contributed by atoms with Crippen LogP contribution in [-0.2, 0) is 0 Å². The second kappa shape index (κ2) is 3.14. The number of halogens is 3. The predicted molar refractivity (Wildman–Crippen MR) is 51.8 cm³/mol. The van der Waals surface area contributed by atoms with Crippen molar-refractivity contribution in [1.82, 2.24) is 0 Å². The Balaban J connectivity index is 3.17. The number of rotatable bonds is 0. The quantitative estimate of drug-likeness (QED) is 0.500. The molecule has 1 aromatic carbocycles. The molecule has 0 radical (unpaired) electrons. The average Bonchev–Trinajstić information content (AvgIpc) is 1.80. The molecule has 0 unspecified atom stereocenters. The molecule has 0 amide bonds. The Hall–Kier alpha value is 0.610. The highest BCUT2D eigenvalue weighted by Gasteiger charge is 1.95. The summed E-state index contributed by atoms with van der Waals surface area (Å²) < 4.78 is 14.2. The highest BCUT2D eigenvalue weighted by atomic mass is 127. The van der Waals surface area contributed by atoms with Crippen LogP contribution in [0.1, 0.15) is 0 Å².